The van der Waals surface area contributed by atoms with Gasteiger partial charge < -0.3 is 4.90 Å². The molecule has 1 saturated carbocycles. The van der Waals surface area contributed by atoms with Crippen LogP contribution >= 0.6 is 0 Å². The zero-order valence-corrected chi connectivity index (χ0v) is 12.7. The van der Waals surface area contributed by atoms with Crippen LogP contribution in [-0.2, 0) is 0 Å². The molecule has 3 rings (SSSR count). The number of rotatable bonds is 2. The Labute approximate surface area is 126 Å². The predicted molar refractivity (Wildman–Crippen MR) is 83.5 cm³/mol. The van der Waals surface area contributed by atoms with Crippen LogP contribution in [-0.4, -0.2) is 18.9 Å². The van der Waals surface area contributed by atoms with E-state index >= 15 is 0 Å². The highest BCUT2D eigenvalue weighted by Gasteiger charge is 2.37. The summed E-state index contributed by atoms with van der Waals surface area (Å²) in [4.78, 5) is 13.9. The Hall–Kier alpha value is -1.82. The normalized spacial score (nSPS) is 20.5. The highest BCUT2D eigenvalue weighted by molar-refractivity contribution is 5.95. The number of benzene rings is 1. The number of ketones is 1. The molecule has 0 atom stereocenters. The summed E-state index contributed by atoms with van der Waals surface area (Å²) in [5.41, 5.74) is 2.90. The van der Waals surface area contributed by atoms with Crippen molar-refractivity contribution >= 4 is 11.5 Å². The van der Waals surface area contributed by atoms with Crippen molar-refractivity contribution in [3.63, 3.8) is 0 Å². The second-order valence-corrected chi connectivity index (χ2v) is 6.59. The molecule has 2 fully saturated rings. The van der Waals surface area contributed by atoms with Gasteiger partial charge in [-0.05, 0) is 56.2 Å². The van der Waals surface area contributed by atoms with Gasteiger partial charge in [-0.15, -0.1) is 0 Å². The molecule has 0 unspecified atom stereocenters. The molecule has 2 aliphatic rings. The van der Waals surface area contributed by atoms with Crippen LogP contribution in [0, 0.1) is 16.7 Å². The minimum atomic E-state index is 0.0602. The van der Waals surface area contributed by atoms with Crippen molar-refractivity contribution < 1.29 is 4.79 Å². The fourth-order valence-corrected chi connectivity index (χ4v) is 3.95. The fraction of sp³-hybridized carbons (Fsp3) is 0.556. The summed E-state index contributed by atoms with van der Waals surface area (Å²) in [6.45, 7) is 3.60. The average Bonchev–Trinajstić information content (AvgIpc) is 2.95. The van der Waals surface area contributed by atoms with Gasteiger partial charge in [0.1, 0.15) is 6.07 Å². The van der Waals surface area contributed by atoms with Crippen LogP contribution in [0.25, 0.3) is 0 Å². The molecule has 1 aliphatic carbocycles. The highest BCUT2D eigenvalue weighted by atomic mass is 16.1. The van der Waals surface area contributed by atoms with Crippen LogP contribution in [0.15, 0.2) is 18.2 Å². The molecule has 1 spiro atoms. The van der Waals surface area contributed by atoms with E-state index in [1.807, 2.05) is 6.07 Å². The smallest absolute Gasteiger partial charge is 0.159 e. The molecule has 0 N–H and O–H groups in total. The molecular formula is C18H22N2O. The molecule has 1 aliphatic heterocycles. The molecule has 0 aromatic heterocycles. The van der Waals surface area contributed by atoms with Gasteiger partial charge in [0.2, 0.25) is 0 Å². The largest absolute Gasteiger partial charge is 0.370 e. The third-order valence-electron chi connectivity index (χ3n) is 5.35. The molecule has 0 amide bonds. The number of anilines is 1. The first-order valence-corrected chi connectivity index (χ1v) is 7.94. The second kappa shape index (κ2) is 5.52. The van der Waals surface area contributed by atoms with Gasteiger partial charge in [0.15, 0.2) is 5.78 Å². The summed E-state index contributed by atoms with van der Waals surface area (Å²) in [6, 6.07) is 7.70. The van der Waals surface area contributed by atoms with E-state index in [1.54, 1.807) is 19.1 Å². The number of hydrogen-bond donors (Lipinski definition) is 0. The predicted octanol–water partition coefficient (Wildman–Crippen LogP) is 3.92. The third-order valence-corrected chi connectivity index (χ3v) is 5.35. The second-order valence-electron chi connectivity index (χ2n) is 6.59. The molecule has 0 radical (unpaired) electrons. The van der Waals surface area contributed by atoms with Gasteiger partial charge >= 0.3 is 0 Å². The van der Waals surface area contributed by atoms with Crippen LogP contribution in [0.5, 0.6) is 0 Å². The molecule has 110 valence electrons. The molecule has 1 saturated heterocycles. The van der Waals surface area contributed by atoms with Gasteiger partial charge in [0.25, 0.3) is 0 Å². The summed E-state index contributed by atoms with van der Waals surface area (Å²) in [5, 5.41) is 9.32. The van der Waals surface area contributed by atoms with E-state index in [9.17, 15) is 10.1 Å². The zero-order chi connectivity index (χ0) is 14.9. The maximum Gasteiger partial charge on any atom is 0.159 e. The minimum absolute atomic E-state index is 0.0602. The van der Waals surface area contributed by atoms with Crippen molar-refractivity contribution in [2.24, 2.45) is 5.41 Å². The van der Waals surface area contributed by atoms with E-state index in [1.165, 1.54) is 38.5 Å². The maximum absolute atomic E-state index is 11.6. The number of carbonyl (C=O) groups is 1. The molecule has 1 aromatic rings. The van der Waals surface area contributed by atoms with Crippen molar-refractivity contribution in [1.29, 1.82) is 5.26 Å². The lowest BCUT2D eigenvalue weighted by Gasteiger charge is -2.40. The van der Waals surface area contributed by atoms with E-state index < -0.39 is 0 Å². The van der Waals surface area contributed by atoms with E-state index in [0.29, 0.717) is 16.5 Å². The monoisotopic (exact) mass is 282 g/mol. The number of hydrogen-bond acceptors (Lipinski definition) is 3. The van der Waals surface area contributed by atoms with E-state index in [2.05, 4.69) is 11.0 Å². The molecule has 1 heterocycles. The SMILES string of the molecule is CC(=O)c1ccc(C#N)c(N2CCC3(CCCC3)CC2)c1. The Kier molecular flexibility index (Phi) is 3.71. The lowest BCUT2D eigenvalue weighted by molar-refractivity contribution is 0.101. The van der Waals surface area contributed by atoms with Crippen molar-refractivity contribution in [2.45, 2.75) is 45.4 Å². The first kappa shape index (κ1) is 14.1. The van der Waals surface area contributed by atoms with Crippen LogP contribution in [0.4, 0.5) is 5.69 Å². The van der Waals surface area contributed by atoms with Gasteiger partial charge in [0, 0.05) is 18.7 Å². The highest BCUT2D eigenvalue weighted by Crippen LogP contribution is 2.46. The van der Waals surface area contributed by atoms with Gasteiger partial charge in [-0.1, -0.05) is 12.8 Å². The molecule has 0 bridgehead atoms. The van der Waals surface area contributed by atoms with Crippen LogP contribution < -0.4 is 4.90 Å². The summed E-state index contributed by atoms with van der Waals surface area (Å²) in [7, 11) is 0. The van der Waals surface area contributed by atoms with Gasteiger partial charge in [-0.25, -0.2) is 0 Å². The van der Waals surface area contributed by atoms with Crippen molar-refractivity contribution in [3.8, 4) is 6.07 Å². The molecule has 1 aromatic carbocycles. The lowest BCUT2D eigenvalue weighted by Crippen LogP contribution is -2.39. The first-order chi connectivity index (χ1) is 10.1. The summed E-state index contributed by atoms with van der Waals surface area (Å²) in [5.74, 6) is 0.0602. The average molecular weight is 282 g/mol. The lowest BCUT2D eigenvalue weighted by atomic mass is 9.77. The Morgan fingerprint density at radius 3 is 2.43 bits per heavy atom. The van der Waals surface area contributed by atoms with Gasteiger partial charge in [-0.3, -0.25) is 4.79 Å². The Morgan fingerprint density at radius 1 is 1.19 bits per heavy atom. The van der Waals surface area contributed by atoms with E-state index in [0.717, 1.165) is 18.8 Å². The summed E-state index contributed by atoms with van der Waals surface area (Å²) in [6.07, 6.45) is 7.95. The Morgan fingerprint density at radius 2 is 1.86 bits per heavy atom. The Balaban J connectivity index is 1.82. The molecule has 21 heavy (non-hydrogen) atoms. The number of nitriles is 1. The number of carbonyl (C=O) groups excluding carboxylic acids is 1. The van der Waals surface area contributed by atoms with Gasteiger partial charge in [0.05, 0.1) is 11.3 Å². The number of piperidine rings is 1. The first-order valence-electron chi connectivity index (χ1n) is 7.94. The minimum Gasteiger partial charge on any atom is -0.370 e. The van der Waals surface area contributed by atoms with Crippen molar-refractivity contribution in [2.75, 3.05) is 18.0 Å². The van der Waals surface area contributed by atoms with Crippen LogP contribution in [0.3, 0.4) is 0 Å². The standard InChI is InChI=1S/C18H22N2O/c1-14(21)15-4-5-16(13-19)17(12-15)20-10-8-18(9-11-20)6-2-3-7-18/h4-5,12H,2-3,6-11H2,1H3. The Bertz CT molecular complexity index is 584. The molecular weight excluding hydrogens is 260 g/mol. The van der Waals surface area contributed by atoms with Crippen LogP contribution in [0.1, 0.15) is 61.4 Å². The summed E-state index contributed by atoms with van der Waals surface area (Å²) < 4.78 is 0. The van der Waals surface area contributed by atoms with Crippen LogP contribution in [0.2, 0.25) is 0 Å². The van der Waals surface area contributed by atoms with Crippen molar-refractivity contribution in [3.05, 3.63) is 29.3 Å². The topological polar surface area (TPSA) is 44.1 Å². The van der Waals surface area contributed by atoms with E-state index in [-0.39, 0.29) is 5.78 Å². The van der Waals surface area contributed by atoms with Crippen molar-refractivity contribution in [1.82, 2.24) is 0 Å². The van der Waals surface area contributed by atoms with Gasteiger partial charge in [-0.2, -0.15) is 5.26 Å². The third kappa shape index (κ3) is 2.68. The fourth-order valence-electron chi connectivity index (χ4n) is 3.95. The number of Topliss-reactive ketones (excluding diaryl/α,β-unsaturated/α-hetero) is 1. The zero-order valence-electron chi connectivity index (χ0n) is 12.7. The summed E-state index contributed by atoms with van der Waals surface area (Å²) >= 11 is 0. The molecule has 3 heteroatoms. The maximum atomic E-state index is 11.6. The van der Waals surface area contributed by atoms with E-state index in [4.69, 9.17) is 0 Å². The number of nitrogens with zero attached hydrogens (tertiary/aromatic N) is 2. The molecule has 3 nitrogen and oxygen atoms in total. The quantitative estimate of drug-likeness (QED) is 0.772.